The molecule has 5 heterocycles. The number of hydrogen-bond acceptors (Lipinski definition) is 8. The molecule has 0 saturated carbocycles. The van der Waals surface area contributed by atoms with E-state index in [1.54, 1.807) is 22.6 Å². The highest BCUT2D eigenvalue weighted by molar-refractivity contribution is 7.89. The molecule has 0 unspecified atom stereocenters. The fraction of sp³-hybridized carbons (Fsp3) is 0.438. The van der Waals surface area contributed by atoms with E-state index in [2.05, 4.69) is 32.0 Å². The smallest absolute Gasteiger partial charge is 0.304 e. The molecule has 2 aliphatic rings. The van der Waals surface area contributed by atoms with Crippen LogP contribution in [0, 0.1) is 20.8 Å². The number of fused-ring (bicyclic) bond motifs is 4. The molecule has 1 aromatic carbocycles. The van der Waals surface area contributed by atoms with Gasteiger partial charge in [-0.25, -0.2) is 13.4 Å². The van der Waals surface area contributed by atoms with Crippen LogP contribution < -0.4 is 4.90 Å². The Kier molecular flexibility index (Phi) is 9.48. The summed E-state index contributed by atoms with van der Waals surface area (Å²) >= 11 is 0. The van der Waals surface area contributed by atoms with Crippen molar-refractivity contribution < 1.29 is 18.3 Å². The molecule has 0 amide bonds. The van der Waals surface area contributed by atoms with Gasteiger partial charge in [0.15, 0.2) is 5.65 Å². The predicted molar refractivity (Wildman–Crippen MR) is 172 cm³/mol. The van der Waals surface area contributed by atoms with Crippen LogP contribution in [-0.4, -0.2) is 87.5 Å². The summed E-state index contributed by atoms with van der Waals surface area (Å²) in [6, 6.07) is 11.1. The van der Waals surface area contributed by atoms with Gasteiger partial charge in [0.05, 0.1) is 12.5 Å². The van der Waals surface area contributed by atoms with Crippen molar-refractivity contribution >= 4 is 27.5 Å². The summed E-state index contributed by atoms with van der Waals surface area (Å²) in [5, 5.41) is 18.4. The first-order valence-corrected chi connectivity index (χ1v) is 15.5. The Morgan fingerprint density at radius 2 is 1.84 bits per heavy atom. The Labute approximate surface area is 260 Å². The van der Waals surface area contributed by atoms with E-state index in [4.69, 9.17) is 0 Å². The van der Waals surface area contributed by atoms with Gasteiger partial charge in [-0.3, -0.25) is 9.20 Å². The molecular weight excluding hydrogens is 578 g/mol. The zero-order valence-corrected chi connectivity index (χ0v) is 25.0. The first-order valence-electron chi connectivity index (χ1n) is 14.1. The number of carbonyl (C=O) groups is 1. The quantitative estimate of drug-likeness (QED) is 0.336. The number of piperazine rings is 1. The molecule has 236 valence electrons. The molecule has 11 nitrogen and oxygen atoms in total. The van der Waals surface area contributed by atoms with Crippen LogP contribution in [0.15, 0.2) is 53.7 Å². The molecular formula is C32H43N7O4S. The average molecular weight is 622 g/mol. The number of carboxylic acid groups (broad SMARTS) is 1. The van der Waals surface area contributed by atoms with Gasteiger partial charge in [0.2, 0.25) is 10.0 Å². The van der Waals surface area contributed by atoms with Crippen LogP contribution in [0.2, 0.25) is 0 Å². The van der Waals surface area contributed by atoms with Crippen molar-refractivity contribution in [3.05, 3.63) is 82.4 Å². The zero-order chi connectivity index (χ0) is 29.8. The van der Waals surface area contributed by atoms with Crippen LogP contribution in [0.3, 0.4) is 0 Å². The Morgan fingerprint density at radius 3 is 2.59 bits per heavy atom. The molecule has 44 heavy (non-hydrogen) atoms. The van der Waals surface area contributed by atoms with Crippen molar-refractivity contribution in [2.75, 3.05) is 38.1 Å². The summed E-state index contributed by atoms with van der Waals surface area (Å²) in [7, 11) is -1.79. The molecule has 0 aliphatic carbocycles. The second kappa shape index (κ2) is 12.6. The molecule has 1 N–H and O–H groups in total. The second-order valence-electron chi connectivity index (χ2n) is 11.4. The largest absolute Gasteiger partial charge is 0.481 e. The fourth-order valence-electron chi connectivity index (χ4n) is 6.31. The summed E-state index contributed by atoms with van der Waals surface area (Å²) in [5.41, 5.74) is 5.01. The second-order valence-corrected chi connectivity index (χ2v) is 13.3. The highest BCUT2D eigenvalue weighted by atomic mass is 32.2. The van der Waals surface area contributed by atoms with Crippen LogP contribution in [0.4, 0.5) is 5.82 Å². The summed E-state index contributed by atoms with van der Waals surface area (Å²) in [6.07, 6.45) is 3.41. The van der Waals surface area contributed by atoms with E-state index in [9.17, 15) is 18.3 Å². The molecule has 12 heteroatoms. The van der Waals surface area contributed by atoms with E-state index in [1.807, 2.05) is 55.6 Å². The average Bonchev–Trinajstić information content (AvgIpc) is 3.30. The lowest BCUT2D eigenvalue weighted by Gasteiger charge is -2.40. The highest BCUT2D eigenvalue weighted by Crippen LogP contribution is 2.36. The van der Waals surface area contributed by atoms with E-state index >= 15 is 0 Å². The molecule has 3 aromatic heterocycles. The third kappa shape index (κ3) is 5.81. The van der Waals surface area contributed by atoms with Crippen molar-refractivity contribution in [3.63, 3.8) is 0 Å². The van der Waals surface area contributed by atoms with Crippen molar-refractivity contribution in [2.45, 2.75) is 65.4 Å². The maximum Gasteiger partial charge on any atom is 0.304 e. The number of rotatable bonds is 6. The van der Waals surface area contributed by atoms with E-state index in [1.165, 1.54) is 0 Å². The maximum absolute atomic E-state index is 14.1. The van der Waals surface area contributed by atoms with Crippen LogP contribution in [0.5, 0.6) is 0 Å². The molecule has 1 saturated heterocycles. The number of sulfonamides is 1. The number of pyridine rings is 2. The van der Waals surface area contributed by atoms with Gasteiger partial charge in [-0.2, -0.15) is 4.31 Å². The number of carboxylic acids is 1. The van der Waals surface area contributed by atoms with E-state index < -0.39 is 21.9 Å². The predicted octanol–water partition coefficient (Wildman–Crippen LogP) is 4.25. The molecule has 4 aromatic rings. The Balaban J connectivity index is 0.00000221. The summed E-state index contributed by atoms with van der Waals surface area (Å²) in [4.78, 5) is 21.2. The Morgan fingerprint density at radius 1 is 1.07 bits per heavy atom. The molecule has 0 bridgehead atoms. The number of nitrogens with zero attached hydrogens (tertiary/aromatic N) is 7. The topological polar surface area (TPSA) is 124 Å². The lowest BCUT2D eigenvalue weighted by Crippen LogP contribution is -2.55. The van der Waals surface area contributed by atoms with Crippen LogP contribution in [0.25, 0.3) is 5.65 Å². The summed E-state index contributed by atoms with van der Waals surface area (Å²) in [5.74, 6) is -0.0957. The van der Waals surface area contributed by atoms with Crippen LogP contribution in [-0.2, 0) is 21.4 Å². The maximum atomic E-state index is 14.1. The van der Waals surface area contributed by atoms with Crippen molar-refractivity contribution in [1.82, 2.24) is 28.8 Å². The standard InChI is InChI=1S/C30H35N7O4S.2CH4/c1-19-7-8-22(26(15-28(38)39)25-9-11-36-21(3)32-33-29(36)20(25)2)14-23(19)16-35-18-24-17-34(4)12-13-37(24)30-27(42(35,40)41)6-5-10-31-30;;/h5-11,14,24,26H,12-13,15-18H2,1-4H3,(H,38,39);2*1H4/t24-,26-;;/m0../s1. The summed E-state index contributed by atoms with van der Waals surface area (Å²) < 4.78 is 31.6. The molecule has 2 atom stereocenters. The van der Waals surface area contributed by atoms with Gasteiger partial charge in [-0.15, -0.1) is 10.2 Å². The lowest BCUT2D eigenvalue weighted by molar-refractivity contribution is -0.137. The lowest BCUT2D eigenvalue weighted by atomic mass is 9.85. The minimum absolute atomic E-state index is 0. The first kappa shape index (κ1) is 33.0. The zero-order valence-electron chi connectivity index (χ0n) is 24.2. The van der Waals surface area contributed by atoms with Gasteiger partial charge in [0, 0.05) is 51.0 Å². The minimum atomic E-state index is -3.84. The molecule has 0 radical (unpaired) electrons. The van der Waals surface area contributed by atoms with Crippen molar-refractivity contribution in [1.29, 1.82) is 0 Å². The van der Waals surface area contributed by atoms with E-state index in [0.717, 1.165) is 46.7 Å². The first-order chi connectivity index (χ1) is 20.0. The fourth-order valence-corrected chi connectivity index (χ4v) is 7.91. The molecule has 1 fully saturated rings. The monoisotopic (exact) mass is 621 g/mol. The molecule has 6 rings (SSSR count). The minimum Gasteiger partial charge on any atom is -0.481 e. The number of hydrogen-bond donors (Lipinski definition) is 1. The van der Waals surface area contributed by atoms with Crippen LogP contribution in [0.1, 0.15) is 60.8 Å². The number of aromatic nitrogens is 4. The molecule has 2 aliphatic heterocycles. The number of anilines is 1. The van der Waals surface area contributed by atoms with Gasteiger partial charge in [-0.05, 0) is 73.8 Å². The molecule has 0 spiro atoms. The van der Waals surface area contributed by atoms with Gasteiger partial charge < -0.3 is 14.9 Å². The van der Waals surface area contributed by atoms with E-state index in [0.29, 0.717) is 24.6 Å². The van der Waals surface area contributed by atoms with Crippen molar-refractivity contribution in [2.24, 2.45) is 0 Å². The SMILES string of the molecule is C.C.Cc1ccc([C@H](CC(=O)O)c2ccn3c(C)nnc3c2C)cc1CN1C[C@@H]2CN(C)CCN2c2ncccc2S1(=O)=O. The number of aliphatic carboxylic acids is 1. The number of likely N-dealkylation sites (N-methyl/N-ethyl adjacent to an activating group) is 1. The van der Waals surface area contributed by atoms with E-state index in [-0.39, 0.29) is 38.8 Å². The van der Waals surface area contributed by atoms with Gasteiger partial charge in [0.1, 0.15) is 16.5 Å². The number of aryl methyl sites for hydroxylation is 3. The number of benzene rings is 1. The van der Waals surface area contributed by atoms with Crippen molar-refractivity contribution in [3.8, 4) is 0 Å². The Bertz CT molecular complexity index is 1790. The van der Waals surface area contributed by atoms with Crippen LogP contribution >= 0.6 is 0 Å². The van der Waals surface area contributed by atoms with Gasteiger partial charge in [0.25, 0.3) is 0 Å². The normalized spacial score (nSPS) is 18.8. The summed E-state index contributed by atoms with van der Waals surface area (Å²) in [6.45, 7) is 8.53. The third-order valence-electron chi connectivity index (χ3n) is 8.66. The van der Waals surface area contributed by atoms with Gasteiger partial charge in [-0.1, -0.05) is 33.1 Å². The Hall–Kier alpha value is -3.87. The van der Waals surface area contributed by atoms with Gasteiger partial charge >= 0.3 is 5.97 Å². The third-order valence-corrected chi connectivity index (χ3v) is 10.5. The highest BCUT2D eigenvalue weighted by Gasteiger charge is 2.40.